The van der Waals surface area contributed by atoms with Crippen LogP contribution in [0.1, 0.15) is 30.4 Å². The van der Waals surface area contributed by atoms with Crippen LogP contribution in [0.25, 0.3) is 11.1 Å². The number of carbonyl (C=O) groups is 2. The van der Waals surface area contributed by atoms with Gasteiger partial charge in [-0.05, 0) is 35.6 Å². The Hall–Kier alpha value is -3.08. The van der Waals surface area contributed by atoms with Gasteiger partial charge in [0.25, 0.3) is 0 Å². The van der Waals surface area contributed by atoms with Crippen LogP contribution < -0.4 is 10.4 Å². The lowest BCUT2D eigenvalue weighted by molar-refractivity contribution is -0.308. The average Bonchev–Trinajstić information content (AvgIpc) is 2.93. The van der Waals surface area contributed by atoms with Gasteiger partial charge in [0.1, 0.15) is 6.61 Å². The second-order valence-corrected chi connectivity index (χ2v) is 6.50. The number of rotatable bonds is 6. The number of hydrogen-bond donors (Lipinski definition) is 1. The third kappa shape index (κ3) is 3.61. The summed E-state index contributed by atoms with van der Waals surface area (Å²) in [5.74, 6) is -1.43. The number of fused-ring (bicyclic) bond motifs is 3. The molecule has 0 heterocycles. The molecule has 0 aromatic heterocycles. The maximum absolute atomic E-state index is 12.1. The first-order chi connectivity index (χ1) is 12.5. The molecule has 134 valence electrons. The van der Waals surface area contributed by atoms with Gasteiger partial charge in [0.15, 0.2) is 0 Å². The first-order valence-corrected chi connectivity index (χ1v) is 8.44. The van der Waals surface area contributed by atoms with E-state index < -0.39 is 18.1 Å². The first-order valence-electron chi connectivity index (χ1n) is 8.44. The minimum absolute atomic E-state index is 0.0734. The van der Waals surface area contributed by atoms with E-state index in [1.165, 1.54) is 0 Å². The molecule has 2 aromatic rings. The highest BCUT2D eigenvalue weighted by molar-refractivity contribution is 5.80. The normalized spacial score (nSPS) is 13.4. The summed E-state index contributed by atoms with van der Waals surface area (Å²) in [6.07, 6.45) is -0.672. The quantitative estimate of drug-likeness (QED) is 0.812. The average molecular weight is 350 g/mol. The van der Waals surface area contributed by atoms with Crippen molar-refractivity contribution < 1.29 is 19.4 Å². The number of carbonyl (C=O) groups excluding carboxylic acids is 2. The van der Waals surface area contributed by atoms with Gasteiger partial charge in [-0.1, -0.05) is 54.1 Å². The zero-order valence-corrected chi connectivity index (χ0v) is 14.5. The zero-order chi connectivity index (χ0) is 18.7. The summed E-state index contributed by atoms with van der Waals surface area (Å²) in [7, 11) is 0. The summed E-state index contributed by atoms with van der Waals surface area (Å²) in [5.41, 5.74) is 5.09. The Morgan fingerprint density at radius 2 is 1.65 bits per heavy atom. The fraction of sp³-hybridized carbons (Fsp3) is 0.238. The van der Waals surface area contributed by atoms with Crippen LogP contribution in [0.2, 0.25) is 0 Å². The number of carboxylic acids is 1. The van der Waals surface area contributed by atoms with Gasteiger partial charge in [0.2, 0.25) is 0 Å². The number of nitrogens with one attached hydrogen (secondary N) is 1. The summed E-state index contributed by atoms with van der Waals surface area (Å²) >= 11 is 0. The molecule has 1 atom stereocenters. The highest BCUT2D eigenvalue weighted by Crippen LogP contribution is 2.44. The summed E-state index contributed by atoms with van der Waals surface area (Å²) in [6.45, 7) is 5.48. The number of hydrogen-bond acceptors (Lipinski definition) is 4. The van der Waals surface area contributed by atoms with Crippen LogP contribution in [0.4, 0.5) is 4.79 Å². The van der Waals surface area contributed by atoms with Gasteiger partial charge < -0.3 is 20.0 Å². The van der Waals surface area contributed by atoms with Gasteiger partial charge in [-0.3, -0.25) is 0 Å². The van der Waals surface area contributed by atoms with Crippen molar-refractivity contribution in [3.8, 4) is 11.1 Å². The largest absolute Gasteiger partial charge is 0.548 e. The standard InChI is InChI=1S/C21H21NO4/c1-13(2)11-19(20(23)24)22-21(25)26-12-18-16-9-5-3-7-14(16)15-8-4-6-10-17(15)18/h3-10,18-19H,1,11-12H2,2H3,(H,22,25)(H,23,24)/p-1/t19-/m0/s1. The second-order valence-electron chi connectivity index (χ2n) is 6.50. The molecule has 0 radical (unpaired) electrons. The van der Waals surface area contributed by atoms with E-state index in [1.54, 1.807) is 6.92 Å². The molecule has 26 heavy (non-hydrogen) atoms. The number of ether oxygens (including phenoxy) is 1. The Balaban J connectivity index is 1.71. The molecular weight excluding hydrogens is 330 g/mol. The van der Waals surface area contributed by atoms with E-state index in [0.29, 0.717) is 5.57 Å². The van der Waals surface area contributed by atoms with Gasteiger partial charge in [-0.2, -0.15) is 0 Å². The van der Waals surface area contributed by atoms with E-state index in [1.807, 2.05) is 48.5 Å². The maximum Gasteiger partial charge on any atom is 0.407 e. The van der Waals surface area contributed by atoms with Crippen molar-refractivity contribution in [2.75, 3.05) is 6.61 Å². The second kappa shape index (κ2) is 7.44. The Kier molecular flexibility index (Phi) is 5.07. The molecule has 0 aliphatic heterocycles. The van der Waals surface area contributed by atoms with E-state index >= 15 is 0 Å². The monoisotopic (exact) mass is 350 g/mol. The lowest BCUT2D eigenvalue weighted by atomic mass is 9.98. The lowest BCUT2D eigenvalue weighted by Gasteiger charge is -2.20. The minimum Gasteiger partial charge on any atom is -0.548 e. The summed E-state index contributed by atoms with van der Waals surface area (Å²) in [6, 6.07) is 14.9. The van der Waals surface area contributed by atoms with Gasteiger partial charge in [0, 0.05) is 5.92 Å². The predicted octanol–water partition coefficient (Wildman–Crippen LogP) is 2.61. The van der Waals surface area contributed by atoms with Crippen LogP contribution in [0, 0.1) is 0 Å². The summed E-state index contributed by atoms with van der Waals surface area (Å²) in [4.78, 5) is 23.2. The number of alkyl carbamates (subject to hydrolysis) is 1. The predicted molar refractivity (Wildman–Crippen MR) is 96.4 cm³/mol. The molecule has 1 aliphatic rings. The third-order valence-corrected chi connectivity index (χ3v) is 4.47. The minimum atomic E-state index is -1.36. The van der Waals surface area contributed by atoms with Crippen LogP contribution in [0.3, 0.4) is 0 Å². The smallest absolute Gasteiger partial charge is 0.407 e. The molecule has 5 heteroatoms. The van der Waals surface area contributed by atoms with Gasteiger partial charge >= 0.3 is 6.09 Å². The molecule has 0 spiro atoms. The third-order valence-electron chi connectivity index (χ3n) is 4.47. The zero-order valence-electron chi connectivity index (χ0n) is 14.5. The number of aliphatic carboxylic acids is 1. The molecule has 0 saturated heterocycles. The Morgan fingerprint density at radius 1 is 1.12 bits per heavy atom. The van der Waals surface area contributed by atoms with Gasteiger partial charge in [-0.25, -0.2) is 4.79 Å². The van der Waals surface area contributed by atoms with Crippen LogP contribution in [0.5, 0.6) is 0 Å². The van der Waals surface area contributed by atoms with Crippen molar-refractivity contribution in [1.29, 1.82) is 0 Å². The van der Waals surface area contributed by atoms with Crippen molar-refractivity contribution in [1.82, 2.24) is 5.32 Å². The summed E-state index contributed by atoms with van der Waals surface area (Å²) < 4.78 is 5.33. The van der Waals surface area contributed by atoms with Crippen molar-refractivity contribution in [2.24, 2.45) is 0 Å². The molecule has 1 aliphatic carbocycles. The SMILES string of the molecule is C=C(C)C[C@H](NC(=O)OCC1c2ccccc2-c2ccccc21)C(=O)[O-]. The molecule has 2 aromatic carbocycles. The van der Waals surface area contributed by atoms with Crippen LogP contribution in [-0.4, -0.2) is 24.7 Å². The Bertz CT molecular complexity index is 813. The molecule has 3 rings (SSSR count). The highest BCUT2D eigenvalue weighted by Gasteiger charge is 2.29. The van der Waals surface area contributed by atoms with Gasteiger partial charge in [0.05, 0.1) is 12.0 Å². The molecule has 5 nitrogen and oxygen atoms in total. The van der Waals surface area contributed by atoms with Crippen molar-refractivity contribution >= 4 is 12.1 Å². The van der Waals surface area contributed by atoms with E-state index in [-0.39, 0.29) is 18.9 Å². The molecule has 0 bridgehead atoms. The van der Waals surface area contributed by atoms with E-state index in [9.17, 15) is 14.7 Å². The van der Waals surface area contributed by atoms with Crippen LogP contribution in [0.15, 0.2) is 60.7 Å². The van der Waals surface area contributed by atoms with Crippen LogP contribution >= 0.6 is 0 Å². The number of benzene rings is 2. The topological polar surface area (TPSA) is 78.5 Å². The molecule has 0 saturated carbocycles. The van der Waals surface area contributed by atoms with E-state index in [4.69, 9.17) is 4.74 Å². The van der Waals surface area contributed by atoms with Gasteiger partial charge in [-0.15, -0.1) is 6.58 Å². The highest BCUT2D eigenvalue weighted by atomic mass is 16.5. The van der Waals surface area contributed by atoms with E-state index in [2.05, 4.69) is 11.9 Å². The number of amides is 1. The fourth-order valence-electron chi connectivity index (χ4n) is 3.32. The first kappa shape index (κ1) is 17.7. The summed E-state index contributed by atoms with van der Waals surface area (Å²) in [5, 5.41) is 13.5. The van der Waals surface area contributed by atoms with Crippen molar-refractivity contribution in [2.45, 2.75) is 25.3 Å². The Labute approximate surface area is 152 Å². The molecular formula is C21H20NO4-. The number of carboxylic acid groups (broad SMARTS) is 1. The molecule has 0 unspecified atom stereocenters. The van der Waals surface area contributed by atoms with Crippen molar-refractivity contribution in [3.05, 3.63) is 71.8 Å². The molecule has 0 fully saturated rings. The maximum atomic E-state index is 12.1. The Morgan fingerprint density at radius 3 is 2.15 bits per heavy atom. The molecule has 1 amide bonds. The lowest BCUT2D eigenvalue weighted by Crippen LogP contribution is -2.48. The molecule has 1 N–H and O–H groups in total. The van der Waals surface area contributed by atoms with Crippen molar-refractivity contribution in [3.63, 3.8) is 0 Å². The van der Waals surface area contributed by atoms with Crippen LogP contribution in [-0.2, 0) is 9.53 Å². The van der Waals surface area contributed by atoms with E-state index in [0.717, 1.165) is 22.3 Å². The fourth-order valence-corrected chi connectivity index (χ4v) is 3.32.